The van der Waals surface area contributed by atoms with Crippen molar-refractivity contribution in [3.8, 4) is 11.5 Å². The summed E-state index contributed by atoms with van der Waals surface area (Å²) in [5.41, 5.74) is 0.915. The van der Waals surface area contributed by atoms with Gasteiger partial charge in [0, 0.05) is 0 Å². The third-order valence-corrected chi connectivity index (χ3v) is 4.45. The van der Waals surface area contributed by atoms with E-state index in [9.17, 15) is 5.11 Å². The van der Waals surface area contributed by atoms with Gasteiger partial charge in [0.25, 0.3) is 0 Å². The molecule has 0 saturated heterocycles. The van der Waals surface area contributed by atoms with Crippen LogP contribution in [0.2, 0.25) is 0 Å². The summed E-state index contributed by atoms with van der Waals surface area (Å²) in [7, 11) is 0. The highest BCUT2D eigenvalue weighted by molar-refractivity contribution is 9.10. The normalized spacial score (nSPS) is 20.3. The minimum Gasteiger partial charge on any atom is -0.454 e. The van der Waals surface area contributed by atoms with Crippen molar-refractivity contribution >= 4 is 15.9 Å². The maximum absolute atomic E-state index is 10.3. The van der Waals surface area contributed by atoms with Crippen molar-refractivity contribution in [3.63, 3.8) is 0 Å². The van der Waals surface area contributed by atoms with Crippen LogP contribution in [0.1, 0.15) is 43.8 Å². The quantitative estimate of drug-likeness (QED) is 0.922. The molecule has 1 N–H and O–H groups in total. The Balaban J connectivity index is 1.77. The molecule has 0 bridgehead atoms. The smallest absolute Gasteiger partial charge is 0.231 e. The van der Waals surface area contributed by atoms with Gasteiger partial charge in [-0.25, -0.2) is 0 Å². The highest BCUT2D eigenvalue weighted by Crippen LogP contribution is 2.42. The molecule has 0 spiro atoms. The molecule has 4 heteroatoms. The number of fused-ring (bicyclic) bond motifs is 1. The van der Waals surface area contributed by atoms with Crippen molar-refractivity contribution < 1.29 is 14.6 Å². The predicted molar refractivity (Wildman–Crippen MR) is 71.8 cm³/mol. The van der Waals surface area contributed by atoms with E-state index in [1.165, 1.54) is 25.7 Å². The summed E-state index contributed by atoms with van der Waals surface area (Å²) in [6.07, 6.45) is 5.57. The second-order valence-corrected chi connectivity index (χ2v) is 5.99. The van der Waals surface area contributed by atoms with E-state index in [-0.39, 0.29) is 6.79 Å². The molecule has 0 radical (unpaired) electrons. The molecule has 1 aromatic rings. The maximum Gasteiger partial charge on any atom is 0.231 e. The Hall–Kier alpha value is -0.740. The van der Waals surface area contributed by atoms with Crippen LogP contribution in [0.15, 0.2) is 16.6 Å². The van der Waals surface area contributed by atoms with E-state index in [1.807, 2.05) is 12.1 Å². The lowest BCUT2D eigenvalue weighted by Crippen LogP contribution is -2.04. The van der Waals surface area contributed by atoms with Crippen LogP contribution in [-0.2, 0) is 0 Å². The van der Waals surface area contributed by atoms with Crippen molar-refractivity contribution in [3.05, 3.63) is 22.2 Å². The van der Waals surface area contributed by atoms with E-state index in [0.29, 0.717) is 5.92 Å². The summed E-state index contributed by atoms with van der Waals surface area (Å²) in [6, 6.07) is 3.83. The Bertz CT molecular complexity index is 441. The summed E-state index contributed by atoms with van der Waals surface area (Å²) in [5, 5.41) is 10.3. The molecule has 18 heavy (non-hydrogen) atoms. The van der Waals surface area contributed by atoms with Crippen LogP contribution in [0.4, 0.5) is 0 Å². The molecular formula is C14H17BrO3. The van der Waals surface area contributed by atoms with Crippen LogP contribution >= 0.6 is 15.9 Å². The summed E-state index contributed by atoms with van der Waals surface area (Å²) >= 11 is 3.46. The monoisotopic (exact) mass is 312 g/mol. The van der Waals surface area contributed by atoms with Gasteiger partial charge >= 0.3 is 0 Å². The van der Waals surface area contributed by atoms with Gasteiger partial charge in [-0.15, -0.1) is 0 Å². The van der Waals surface area contributed by atoms with Crippen LogP contribution in [0.25, 0.3) is 0 Å². The molecule has 0 aromatic heterocycles. The second-order valence-electron chi connectivity index (χ2n) is 5.14. The van der Waals surface area contributed by atoms with Gasteiger partial charge in [0.05, 0.1) is 10.6 Å². The molecule has 1 heterocycles. The molecular weight excluding hydrogens is 296 g/mol. The number of aliphatic hydroxyl groups excluding tert-OH is 1. The lowest BCUT2D eigenvalue weighted by molar-refractivity contribution is 0.144. The summed E-state index contributed by atoms with van der Waals surface area (Å²) in [6.45, 7) is 0.260. The number of halogens is 1. The topological polar surface area (TPSA) is 38.7 Å². The molecule has 1 aliphatic heterocycles. The highest BCUT2D eigenvalue weighted by atomic mass is 79.9. The molecule has 1 unspecified atom stereocenters. The second kappa shape index (κ2) is 5.10. The molecule has 0 amide bonds. The minimum absolute atomic E-state index is 0.260. The SMILES string of the molecule is OC(CC1CCCC1)c1cc(Br)c2c(c1)OCO2. The number of ether oxygens (including phenoxy) is 2. The average Bonchev–Trinajstić information content (AvgIpc) is 2.98. The van der Waals surface area contributed by atoms with Crippen LogP contribution in [0.3, 0.4) is 0 Å². The number of aliphatic hydroxyl groups is 1. The first kappa shape index (κ1) is 12.3. The molecule has 98 valence electrons. The van der Waals surface area contributed by atoms with Crippen LogP contribution in [-0.4, -0.2) is 11.9 Å². The zero-order valence-electron chi connectivity index (χ0n) is 10.2. The van der Waals surface area contributed by atoms with Gasteiger partial charge < -0.3 is 14.6 Å². The molecule has 1 aliphatic carbocycles. The Labute approximate surface area is 115 Å². The fraction of sp³-hybridized carbons (Fsp3) is 0.571. The van der Waals surface area contributed by atoms with Gasteiger partial charge in [-0.1, -0.05) is 25.7 Å². The van der Waals surface area contributed by atoms with E-state index in [1.54, 1.807) is 0 Å². The van der Waals surface area contributed by atoms with Gasteiger partial charge in [-0.2, -0.15) is 0 Å². The summed E-state index contributed by atoms with van der Waals surface area (Å²) < 4.78 is 11.6. The van der Waals surface area contributed by atoms with Crippen molar-refractivity contribution in [1.82, 2.24) is 0 Å². The van der Waals surface area contributed by atoms with Crippen molar-refractivity contribution in [2.24, 2.45) is 5.92 Å². The zero-order chi connectivity index (χ0) is 12.5. The number of hydrogen-bond acceptors (Lipinski definition) is 3. The van der Waals surface area contributed by atoms with Gasteiger partial charge in [-0.3, -0.25) is 0 Å². The molecule has 1 saturated carbocycles. The van der Waals surface area contributed by atoms with Crippen molar-refractivity contribution in [2.45, 2.75) is 38.2 Å². The predicted octanol–water partition coefficient (Wildman–Crippen LogP) is 3.79. The number of hydrogen-bond donors (Lipinski definition) is 1. The van der Waals surface area contributed by atoms with Gasteiger partial charge in [-0.05, 0) is 46.0 Å². The lowest BCUT2D eigenvalue weighted by Gasteiger charge is -2.16. The van der Waals surface area contributed by atoms with E-state index < -0.39 is 6.10 Å². The van der Waals surface area contributed by atoms with Gasteiger partial charge in [0.2, 0.25) is 6.79 Å². The highest BCUT2D eigenvalue weighted by Gasteiger charge is 2.23. The Morgan fingerprint density at radius 3 is 2.83 bits per heavy atom. The van der Waals surface area contributed by atoms with E-state index in [0.717, 1.165) is 28.0 Å². The Morgan fingerprint density at radius 2 is 2.06 bits per heavy atom. The average molecular weight is 313 g/mol. The van der Waals surface area contributed by atoms with E-state index in [4.69, 9.17) is 9.47 Å². The molecule has 1 atom stereocenters. The number of rotatable bonds is 3. The fourth-order valence-electron chi connectivity index (χ4n) is 2.88. The maximum atomic E-state index is 10.3. The lowest BCUT2D eigenvalue weighted by atomic mass is 9.95. The first-order valence-electron chi connectivity index (χ1n) is 6.51. The van der Waals surface area contributed by atoms with Crippen molar-refractivity contribution in [2.75, 3.05) is 6.79 Å². The molecule has 1 fully saturated rings. The summed E-state index contributed by atoms with van der Waals surface area (Å²) in [4.78, 5) is 0. The zero-order valence-corrected chi connectivity index (χ0v) is 11.8. The fourth-order valence-corrected chi connectivity index (χ4v) is 3.45. The molecule has 1 aromatic carbocycles. The number of benzene rings is 1. The van der Waals surface area contributed by atoms with Gasteiger partial charge in [0.1, 0.15) is 0 Å². The third-order valence-electron chi connectivity index (χ3n) is 3.87. The standard InChI is InChI=1S/C14H17BrO3/c15-11-6-10(7-13-14(11)18-8-17-13)12(16)5-9-3-1-2-4-9/h6-7,9,12,16H,1-5,8H2. The molecule has 2 aliphatic rings. The van der Waals surface area contributed by atoms with Crippen molar-refractivity contribution in [1.29, 1.82) is 0 Å². The van der Waals surface area contributed by atoms with E-state index >= 15 is 0 Å². The van der Waals surface area contributed by atoms with E-state index in [2.05, 4.69) is 15.9 Å². The Morgan fingerprint density at radius 1 is 1.28 bits per heavy atom. The summed E-state index contributed by atoms with van der Waals surface area (Å²) in [5.74, 6) is 2.14. The minimum atomic E-state index is -0.404. The molecule has 3 nitrogen and oxygen atoms in total. The first-order chi connectivity index (χ1) is 8.74. The molecule has 3 rings (SSSR count). The largest absolute Gasteiger partial charge is 0.454 e. The van der Waals surface area contributed by atoms with Crippen LogP contribution in [0.5, 0.6) is 11.5 Å². The van der Waals surface area contributed by atoms with Gasteiger partial charge in [0.15, 0.2) is 11.5 Å². The van der Waals surface area contributed by atoms with Crippen LogP contribution in [0, 0.1) is 5.92 Å². The Kier molecular flexibility index (Phi) is 3.48. The third kappa shape index (κ3) is 2.36. The first-order valence-corrected chi connectivity index (χ1v) is 7.30. The van der Waals surface area contributed by atoms with Crippen LogP contribution < -0.4 is 9.47 Å².